The molecule has 1 heterocycles. The summed E-state index contributed by atoms with van der Waals surface area (Å²) in [5.41, 5.74) is 1.14. The Hall–Kier alpha value is -2.67. The third-order valence-corrected chi connectivity index (χ3v) is 2.62. The van der Waals surface area contributed by atoms with E-state index in [0.29, 0.717) is 11.1 Å². The Bertz CT molecular complexity index is 595. The molecule has 3 rings (SSSR count). The van der Waals surface area contributed by atoms with Crippen molar-refractivity contribution in [3.05, 3.63) is 47.5 Å². The highest BCUT2D eigenvalue weighted by molar-refractivity contribution is 6.25. The normalized spacial score (nSPS) is 12.6. The van der Waals surface area contributed by atoms with Crippen LogP contribution in [0.5, 0.6) is 0 Å². The molecule has 4 nitrogen and oxygen atoms in total. The minimum atomic E-state index is -0.315. The van der Waals surface area contributed by atoms with Gasteiger partial charge in [-0.25, -0.2) is 5.26 Å². The highest BCUT2D eigenvalue weighted by atomic mass is 16.2. The second kappa shape index (κ2) is 4.06. The molecule has 0 aliphatic carbocycles. The number of rotatable bonds is 0. The fourth-order valence-electron chi connectivity index (χ4n) is 1.96. The summed E-state index contributed by atoms with van der Waals surface area (Å²) in [6.45, 7) is 3.50. The minimum Gasteiger partial charge on any atom is -0.288 e. The Morgan fingerprint density at radius 1 is 0.882 bits per heavy atom. The van der Waals surface area contributed by atoms with Crippen molar-refractivity contribution in [1.29, 1.82) is 5.26 Å². The molecular formula is C13H8N2O2. The number of hydrogen-bond acceptors (Lipinski definition) is 3. The molecule has 4 heteroatoms. The highest BCUT2D eigenvalue weighted by Crippen LogP contribution is 2.25. The lowest BCUT2D eigenvalue weighted by Crippen LogP contribution is -2.34. The van der Waals surface area contributed by atoms with Crippen molar-refractivity contribution in [3.8, 4) is 6.57 Å². The van der Waals surface area contributed by atoms with Crippen LogP contribution in [0.3, 0.4) is 0 Å². The molecule has 17 heavy (non-hydrogen) atoms. The van der Waals surface area contributed by atoms with Crippen LogP contribution in [-0.2, 0) is 0 Å². The molecule has 0 atom stereocenters. The zero-order valence-electron chi connectivity index (χ0n) is 8.81. The monoisotopic (exact) mass is 224 g/mol. The van der Waals surface area contributed by atoms with Crippen molar-refractivity contribution < 1.29 is 9.59 Å². The maximum atomic E-state index is 11.6. The molecule has 2 aromatic carbocycles. The predicted octanol–water partition coefficient (Wildman–Crippen LogP) is 1.86. The Morgan fingerprint density at radius 2 is 1.35 bits per heavy atom. The van der Waals surface area contributed by atoms with Gasteiger partial charge in [-0.3, -0.25) is 14.9 Å². The van der Waals surface area contributed by atoms with Gasteiger partial charge in [-0.15, -0.1) is 0 Å². The van der Waals surface area contributed by atoms with Crippen LogP contribution in [0.4, 0.5) is 0 Å². The molecule has 0 unspecified atom stereocenters. The van der Waals surface area contributed by atoms with Gasteiger partial charge in [0.05, 0.1) is 0 Å². The van der Waals surface area contributed by atoms with Crippen molar-refractivity contribution >= 4 is 22.6 Å². The first-order valence-electron chi connectivity index (χ1n) is 4.90. The topological polar surface area (TPSA) is 70.0 Å². The van der Waals surface area contributed by atoms with Crippen LogP contribution in [0.2, 0.25) is 0 Å². The van der Waals surface area contributed by atoms with Gasteiger partial charge < -0.3 is 0 Å². The number of amides is 2. The molecule has 0 bridgehead atoms. The van der Waals surface area contributed by atoms with Gasteiger partial charge >= 0.3 is 0 Å². The van der Waals surface area contributed by atoms with Crippen molar-refractivity contribution in [1.82, 2.24) is 5.32 Å². The Morgan fingerprint density at radius 3 is 1.82 bits per heavy atom. The number of nitrogens with zero attached hydrogens (tertiary/aromatic N) is 1. The van der Waals surface area contributed by atoms with Gasteiger partial charge in [-0.05, 0) is 17.5 Å². The van der Waals surface area contributed by atoms with Gasteiger partial charge in [0.2, 0.25) is 0 Å². The van der Waals surface area contributed by atoms with Crippen LogP contribution < -0.4 is 5.32 Å². The molecule has 0 saturated heterocycles. The summed E-state index contributed by atoms with van der Waals surface area (Å²) in [7, 11) is 0. The quantitative estimate of drug-likeness (QED) is 0.694. The van der Waals surface area contributed by atoms with Crippen LogP contribution in [-0.4, -0.2) is 11.8 Å². The van der Waals surface area contributed by atoms with E-state index < -0.39 is 0 Å². The summed E-state index contributed by atoms with van der Waals surface area (Å²) in [5, 5.41) is 10.5. The standard InChI is InChI=1S/C12H7NO2.CHN/c14-11-8-5-1-3-7-4-2-6-9(10(7)8)12(15)13-11;1-2/h1-6H,(H,13,14,15);1H. The highest BCUT2D eigenvalue weighted by Gasteiger charge is 2.23. The molecule has 1 aliphatic rings. The van der Waals surface area contributed by atoms with Gasteiger partial charge in [0.1, 0.15) is 0 Å². The van der Waals surface area contributed by atoms with E-state index in [1.165, 1.54) is 0 Å². The third kappa shape index (κ3) is 1.54. The lowest BCUT2D eigenvalue weighted by molar-refractivity contribution is 0.0845. The smallest absolute Gasteiger partial charge is 0.258 e. The van der Waals surface area contributed by atoms with Gasteiger partial charge in [0.15, 0.2) is 0 Å². The Labute approximate surface area is 97.5 Å². The lowest BCUT2D eigenvalue weighted by Gasteiger charge is -2.15. The van der Waals surface area contributed by atoms with E-state index >= 15 is 0 Å². The first-order chi connectivity index (χ1) is 8.27. The molecule has 0 radical (unpaired) electrons. The van der Waals surface area contributed by atoms with Crippen LogP contribution in [0.15, 0.2) is 36.4 Å². The number of carbonyl (C=O) groups is 2. The minimum absolute atomic E-state index is 0.315. The molecule has 1 N–H and O–H groups in total. The maximum Gasteiger partial charge on any atom is 0.258 e. The molecule has 0 saturated carbocycles. The van der Waals surface area contributed by atoms with Crippen molar-refractivity contribution in [2.24, 2.45) is 0 Å². The number of nitriles is 1. The van der Waals surface area contributed by atoms with Crippen LogP contribution in [0.1, 0.15) is 20.7 Å². The van der Waals surface area contributed by atoms with Crippen LogP contribution in [0, 0.1) is 11.8 Å². The third-order valence-electron chi connectivity index (χ3n) is 2.62. The molecule has 1 aliphatic heterocycles. The van der Waals surface area contributed by atoms with Gasteiger partial charge in [0, 0.05) is 23.1 Å². The number of carbonyl (C=O) groups excluding carboxylic acids is 2. The van der Waals surface area contributed by atoms with Crippen molar-refractivity contribution in [2.45, 2.75) is 0 Å². The summed E-state index contributed by atoms with van der Waals surface area (Å²) in [6, 6.07) is 10.9. The number of hydrogen-bond donors (Lipinski definition) is 1. The Balaban J connectivity index is 0.000000514. The lowest BCUT2D eigenvalue weighted by atomic mass is 9.95. The maximum absolute atomic E-state index is 11.6. The summed E-state index contributed by atoms with van der Waals surface area (Å²) in [5.74, 6) is -0.631. The number of nitrogens with one attached hydrogen (secondary N) is 1. The average molecular weight is 224 g/mol. The predicted molar refractivity (Wildman–Crippen MR) is 62.4 cm³/mol. The van der Waals surface area contributed by atoms with Crippen molar-refractivity contribution in [3.63, 3.8) is 0 Å². The molecule has 2 aromatic rings. The fourth-order valence-corrected chi connectivity index (χ4v) is 1.96. The van der Waals surface area contributed by atoms with Gasteiger partial charge in [-0.2, -0.15) is 0 Å². The molecule has 82 valence electrons. The van der Waals surface area contributed by atoms with E-state index in [4.69, 9.17) is 5.26 Å². The number of imide groups is 1. The first kappa shape index (κ1) is 10.8. The van der Waals surface area contributed by atoms with E-state index in [2.05, 4.69) is 11.9 Å². The molecule has 0 aromatic heterocycles. The van der Waals surface area contributed by atoms with Gasteiger partial charge in [-0.1, -0.05) is 24.3 Å². The SMILES string of the molecule is C#N.O=C1NC(=O)c2cccc3cccc1c23. The molecule has 0 fully saturated rings. The van der Waals surface area contributed by atoms with Gasteiger partial charge in [0.25, 0.3) is 11.8 Å². The molecule has 2 amide bonds. The van der Waals surface area contributed by atoms with E-state index in [1.54, 1.807) is 12.1 Å². The first-order valence-corrected chi connectivity index (χ1v) is 4.90. The number of benzene rings is 2. The van der Waals surface area contributed by atoms with E-state index in [0.717, 1.165) is 10.8 Å². The zero-order valence-corrected chi connectivity index (χ0v) is 8.81. The van der Waals surface area contributed by atoms with E-state index in [1.807, 2.05) is 24.3 Å². The summed E-state index contributed by atoms with van der Waals surface area (Å²) in [4.78, 5) is 23.1. The van der Waals surface area contributed by atoms with E-state index in [-0.39, 0.29) is 11.8 Å². The summed E-state index contributed by atoms with van der Waals surface area (Å²) in [6.07, 6.45) is 0. The second-order valence-electron chi connectivity index (χ2n) is 3.49. The second-order valence-corrected chi connectivity index (χ2v) is 3.49. The Kier molecular flexibility index (Phi) is 2.59. The van der Waals surface area contributed by atoms with Crippen LogP contribution >= 0.6 is 0 Å². The van der Waals surface area contributed by atoms with Crippen LogP contribution in [0.25, 0.3) is 10.8 Å². The molecule has 0 spiro atoms. The largest absolute Gasteiger partial charge is 0.288 e. The molecular weight excluding hydrogens is 216 g/mol. The fraction of sp³-hybridized carbons (Fsp3) is 0. The van der Waals surface area contributed by atoms with Crippen molar-refractivity contribution in [2.75, 3.05) is 0 Å². The summed E-state index contributed by atoms with van der Waals surface area (Å²) >= 11 is 0. The average Bonchev–Trinajstić information content (AvgIpc) is 2.38. The zero-order chi connectivity index (χ0) is 12.4. The summed E-state index contributed by atoms with van der Waals surface area (Å²) < 4.78 is 0. The van der Waals surface area contributed by atoms with E-state index in [9.17, 15) is 9.59 Å².